The third kappa shape index (κ3) is 2.08. The molecule has 0 radical (unpaired) electrons. The van der Waals surface area contributed by atoms with Crippen molar-refractivity contribution < 1.29 is 4.79 Å². The van der Waals surface area contributed by atoms with E-state index in [9.17, 15) is 9.59 Å². The van der Waals surface area contributed by atoms with Gasteiger partial charge in [-0.25, -0.2) is 0 Å². The second-order valence-corrected chi connectivity index (χ2v) is 6.09. The molecule has 3 heterocycles. The summed E-state index contributed by atoms with van der Waals surface area (Å²) < 4.78 is 1.47. The number of pyridine rings is 1. The van der Waals surface area contributed by atoms with E-state index in [4.69, 9.17) is 0 Å². The lowest BCUT2D eigenvalue weighted by Gasteiger charge is -2.33. The Bertz CT molecular complexity index is 717. The maximum Gasteiger partial charge on any atom is 0.254 e. The quantitative estimate of drug-likeness (QED) is 0.807. The third-order valence-electron chi connectivity index (χ3n) is 3.89. The smallest absolute Gasteiger partial charge is 0.254 e. The summed E-state index contributed by atoms with van der Waals surface area (Å²) >= 11 is 1.75. The summed E-state index contributed by atoms with van der Waals surface area (Å²) in [5, 5.41) is 2.08. The SMILES string of the molecule is CC1c2ccsc2CCN1C(=O)c1ccn(C)c(=O)c1. The molecule has 3 rings (SSSR count). The Kier molecular flexibility index (Phi) is 3.22. The minimum absolute atomic E-state index is 0.0629. The first-order chi connectivity index (χ1) is 9.58. The van der Waals surface area contributed by atoms with Crippen LogP contribution in [0.4, 0.5) is 0 Å². The molecule has 1 aliphatic rings. The predicted octanol–water partition coefficient (Wildman–Crippen LogP) is 2.21. The molecule has 0 aliphatic carbocycles. The minimum Gasteiger partial charge on any atom is -0.331 e. The van der Waals surface area contributed by atoms with Gasteiger partial charge in [-0.2, -0.15) is 0 Å². The van der Waals surface area contributed by atoms with Gasteiger partial charge in [0.05, 0.1) is 6.04 Å². The maximum atomic E-state index is 12.6. The van der Waals surface area contributed by atoms with Crippen molar-refractivity contribution in [1.82, 2.24) is 9.47 Å². The molecule has 2 aromatic heterocycles. The maximum absolute atomic E-state index is 12.6. The Labute approximate surface area is 121 Å². The molecular weight excluding hydrogens is 272 g/mol. The summed E-state index contributed by atoms with van der Waals surface area (Å²) in [5.41, 5.74) is 1.55. The zero-order valence-corrected chi connectivity index (χ0v) is 12.3. The number of carbonyl (C=O) groups is 1. The van der Waals surface area contributed by atoms with Gasteiger partial charge < -0.3 is 9.47 Å². The van der Waals surface area contributed by atoms with Crippen molar-refractivity contribution in [2.75, 3.05) is 6.54 Å². The van der Waals surface area contributed by atoms with Crippen LogP contribution in [0.2, 0.25) is 0 Å². The van der Waals surface area contributed by atoms with E-state index in [1.165, 1.54) is 21.1 Å². The van der Waals surface area contributed by atoms with Crippen LogP contribution < -0.4 is 5.56 Å². The molecule has 0 saturated carbocycles. The molecule has 1 aliphatic heterocycles. The van der Waals surface area contributed by atoms with Gasteiger partial charge in [0, 0.05) is 36.3 Å². The van der Waals surface area contributed by atoms with Crippen LogP contribution in [0.25, 0.3) is 0 Å². The van der Waals surface area contributed by atoms with Gasteiger partial charge in [-0.1, -0.05) is 0 Å². The second kappa shape index (κ2) is 4.90. The lowest BCUT2D eigenvalue weighted by Crippen LogP contribution is -2.38. The molecular formula is C15H16N2O2S. The molecule has 0 aromatic carbocycles. The van der Waals surface area contributed by atoms with E-state index in [0.29, 0.717) is 12.1 Å². The van der Waals surface area contributed by atoms with Gasteiger partial charge in [-0.05, 0) is 36.4 Å². The van der Waals surface area contributed by atoms with Crippen LogP contribution in [0.15, 0.2) is 34.6 Å². The third-order valence-corrected chi connectivity index (χ3v) is 4.89. The van der Waals surface area contributed by atoms with Crippen molar-refractivity contribution in [3.63, 3.8) is 0 Å². The summed E-state index contributed by atoms with van der Waals surface area (Å²) in [7, 11) is 1.68. The average molecular weight is 288 g/mol. The summed E-state index contributed by atoms with van der Waals surface area (Å²) in [4.78, 5) is 27.5. The van der Waals surface area contributed by atoms with E-state index in [2.05, 4.69) is 11.4 Å². The minimum atomic E-state index is -0.156. The summed E-state index contributed by atoms with van der Waals surface area (Å²) in [6.45, 7) is 2.76. The molecule has 20 heavy (non-hydrogen) atoms. The van der Waals surface area contributed by atoms with E-state index >= 15 is 0 Å². The molecule has 0 bridgehead atoms. The Balaban J connectivity index is 1.92. The number of nitrogens with zero attached hydrogens (tertiary/aromatic N) is 2. The van der Waals surface area contributed by atoms with E-state index in [0.717, 1.165) is 6.42 Å². The zero-order chi connectivity index (χ0) is 14.3. The largest absolute Gasteiger partial charge is 0.331 e. The van der Waals surface area contributed by atoms with Crippen molar-refractivity contribution in [3.05, 3.63) is 56.1 Å². The lowest BCUT2D eigenvalue weighted by atomic mass is 10.0. The molecule has 5 heteroatoms. The number of rotatable bonds is 1. The highest BCUT2D eigenvalue weighted by molar-refractivity contribution is 7.10. The number of aryl methyl sites for hydroxylation is 1. The number of hydrogen-bond acceptors (Lipinski definition) is 3. The summed E-state index contributed by atoms with van der Waals surface area (Å²) in [6.07, 6.45) is 2.54. The molecule has 0 fully saturated rings. The van der Waals surface area contributed by atoms with Gasteiger partial charge in [0.2, 0.25) is 0 Å². The average Bonchev–Trinajstić information content (AvgIpc) is 2.91. The first-order valence-electron chi connectivity index (χ1n) is 6.62. The molecule has 2 aromatic rings. The number of carbonyl (C=O) groups excluding carboxylic acids is 1. The van der Waals surface area contributed by atoms with Gasteiger partial charge in [-0.15, -0.1) is 11.3 Å². The van der Waals surface area contributed by atoms with Crippen LogP contribution in [0.3, 0.4) is 0 Å². The van der Waals surface area contributed by atoms with Crippen molar-refractivity contribution in [1.29, 1.82) is 0 Å². The van der Waals surface area contributed by atoms with Crippen LogP contribution in [0.1, 0.15) is 33.8 Å². The number of hydrogen-bond donors (Lipinski definition) is 0. The Morgan fingerprint density at radius 1 is 1.40 bits per heavy atom. The van der Waals surface area contributed by atoms with E-state index in [1.807, 2.05) is 11.8 Å². The fourth-order valence-electron chi connectivity index (χ4n) is 2.63. The predicted molar refractivity (Wildman–Crippen MR) is 79.2 cm³/mol. The van der Waals surface area contributed by atoms with E-state index < -0.39 is 0 Å². The second-order valence-electron chi connectivity index (χ2n) is 5.09. The Hall–Kier alpha value is -1.88. The van der Waals surface area contributed by atoms with Crippen LogP contribution in [-0.2, 0) is 13.5 Å². The van der Waals surface area contributed by atoms with Gasteiger partial charge in [0.15, 0.2) is 0 Å². The van der Waals surface area contributed by atoms with Gasteiger partial charge in [0.1, 0.15) is 0 Å². The standard InChI is InChI=1S/C15H16N2O2S/c1-10-12-5-8-20-13(12)4-7-17(10)15(19)11-3-6-16(2)14(18)9-11/h3,5-6,8-10H,4,7H2,1-2H3. The molecule has 0 N–H and O–H groups in total. The normalized spacial score (nSPS) is 17.9. The summed E-state index contributed by atoms with van der Waals surface area (Å²) in [5.74, 6) is -0.0629. The lowest BCUT2D eigenvalue weighted by molar-refractivity contribution is 0.0679. The topological polar surface area (TPSA) is 42.3 Å². The van der Waals surface area contributed by atoms with Gasteiger partial charge >= 0.3 is 0 Å². The van der Waals surface area contributed by atoms with Crippen LogP contribution in [0.5, 0.6) is 0 Å². The van der Waals surface area contributed by atoms with Gasteiger partial charge in [-0.3, -0.25) is 9.59 Å². The van der Waals surface area contributed by atoms with Crippen molar-refractivity contribution in [2.45, 2.75) is 19.4 Å². The highest BCUT2D eigenvalue weighted by Crippen LogP contribution is 2.33. The molecule has 0 saturated heterocycles. The van der Waals surface area contributed by atoms with Crippen LogP contribution in [0, 0.1) is 0 Å². The number of aromatic nitrogens is 1. The summed E-state index contributed by atoms with van der Waals surface area (Å²) in [6, 6.07) is 5.29. The molecule has 1 atom stereocenters. The van der Waals surface area contributed by atoms with Crippen molar-refractivity contribution >= 4 is 17.2 Å². The molecule has 1 amide bonds. The molecule has 1 unspecified atom stereocenters. The fraction of sp³-hybridized carbons (Fsp3) is 0.333. The monoisotopic (exact) mass is 288 g/mol. The molecule has 4 nitrogen and oxygen atoms in total. The number of thiophene rings is 1. The van der Waals surface area contributed by atoms with Crippen LogP contribution in [-0.4, -0.2) is 21.9 Å². The highest BCUT2D eigenvalue weighted by Gasteiger charge is 2.29. The first-order valence-corrected chi connectivity index (χ1v) is 7.50. The van der Waals surface area contributed by atoms with Gasteiger partial charge in [0.25, 0.3) is 11.5 Å². The molecule has 104 valence electrons. The van der Waals surface area contributed by atoms with Crippen molar-refractivity contribution in [3.8, 4) is 0 Å². The van der Waals surface area contributed by atoms with Crippen molar-refractivity contribution in [2.24, 2.45) is 7.05 Å². The Morgan fingerprint density at radius 2 is 2.20 bits per heavy atom. The number of fused-ring (bicyclic) bond motifs is 1. The Morgan fingerprint density at radius 3 is 2.95 bits per heavy atom. The van der Waals surface area contributed by atoms with E-state index in [-0.39, 0.29) is 17.5 Å². The van der Waals surface area contributed by atoms with E-state index in [1.54, 1.807) is 30.6 Å². The first kappa shape index (κ1) is 13.1. The highest BCUT2D eigenvalue weighted by atomic mass is 32.1. The fourth-order valence-corrected chi connectivity index (χ4v) is 3.60. The number of amides is 1. The zero-order valence-electron chi connectivity index (χ0n) is 11.5. The molecule has 0 spiro atoms. The van der Waals surface area contributed by atoms with Crippen LogP contribution >= 0.6 is 11.3 Å².